The quantitative estimate of drug-likeness (QED) is 0.635. The molecule has 8 nitrogen and oxygen atoms in total. The summed E-state index contributed by atoms with van der Waals surface area (Å²) in [5.41, 5.74) is 0.774. The fourth-order valence-corrected chi connectivity index (χ4v) is 2.59. The molecule has 1 aromatic heterocycles. The smallest absolute Gasteiger partial charge is 0.283 e. The molecule has 2 N–H and O–H groups in total. The third-order valence-corrected chi connectivity index (χ3v) is 3.95. The average molecular weight is 344 g/mol. The first-order valence-corrected chi connectivity index (χ1v) is 7.66. The van der Waals surface area contributed by atoms with Gasteiger partial charge in [0.2, 0.25) is 5.89 Å². The number of carbonyl (C=O) groups is 1. The van der Waals surface area contributed by atoms with E-state index in [1.807, 2.05) is 0 Å². The molecule has 130 valence electrons. The molecule has 1 amide bonds. The van der Waals surface area contributed by atoms with Gasteiger partial charge in [-0.05, 0) is 30.7 Å². The normalized spacial score (nSPS) is 14.8. The lowest BCUT2D eigenvalue weighted by atomic mass is 10.1. The summed E-state index contributed by atoms with van der Waals surface area (Å²) < 4.78 is 18.6. The number of nitrogens with zero attached hydrogens (tertiary/aromatic N) is 4. The number of rotatable bonds is 2. The average Bonchev–Trinajstić information content (AvgIpc) is 3.02. The summed E-state index contributed by atoms with van der Waals surface area (Å²) >= 11 is 0. The number of halogens is 1. The summed E-state index contributed by atoms with van der Waals surface area (Å²) in [5.74, 6) is -0.234. The summed E-state index contributed by atoms with van der Waals surface area (Å²) in [6.07, 6.45) is 0. The molecule has 0 unspecified atom stereocenters. The third-order valence-electron chi connectivity index (χ3n) is 3.95. The SMILES string of the molecule is Cc1nnc(C(=N)N2CCN(C(=O)c3ccc(F)c(C)c3)CC2=N)o1. The number of amides is 1. The first-order valence-electron chi connectivity index (χ1n) is 7.66. The Balaban J connectivity index is 1.70. The Kier molecular flexibility index (Phi) is 4.30. The number of piperazine rings is 1. The molecule has 0 aliphatic carbocycles. The fraction of sp³-hybridized carbons (Fsp3) is 0.312. The molecule has 1 aliphatic rings. The molecule has 1 aliphatic heterocycles. The van der Waals surface area contributed by atoms with Crippen molar-refractivity contribution in [1.29, 1.82) is 10.8 Å². The van der Waals surface area contributed by atoms with Gasteiger partial charge in [-0.15, -0.1) is 10.2 Å². The van der Waals surface area contributed by atoms with Crippen molar-refractivity contribution in [3.05, 3.63) is 46.9 Å². The number of hydrogen-bond donors (Lipinski definition) is 2. The first-order chi connectivity index (χ1) is 11.9. The topological polar surface area (TPSA) is 110 Å². The van der Waals surface area contributed by atoms with Gasteiger partial charge in [0, 0.05) is 25.6 Å². The minimum atomic E-state index is -0.364. The summed E-state index contributed by atoms with van der Waals surface area (Å²) in [6, 6.07) is 4.19. The lowest BCUT2D eigenvalue weighted by Crippen LogP contribution is -2.54. The molecular formula is C16H17FN6O2. The van der Waals surface area contributed by atoms with E-state index in [4.69, 9.17) is 15.2 Å². The Labute approximate surface area is 143 Å². The van der Waals surface area contributed by atoms with Gasteiger partial charge in [-0.1, -0.05) is 0 Å². The van der Waals surface area contributed by atoms with E-state index in [-0.39, 0.29) is 42.4 Å². The van der Waals surface area contributed by atoms with Crippen LogP contribution in [0.5, 0.6) is 0 Å². The summed E-state index contributed by atoms with van der Waals surface area (Å²) in [4.78, 5) is 15.5. The minimum Gasteiger partial charge on any atom is -0.419 e. The van der Waals surface area contributed by atoms with Crippen molar-refractivity contribution in [2.45, 2.75) is 13.8 Å². The summed E-state index contributed by atoms with van der Waals surface area (Å²) in [7, 11) is 0. The predicted molar refractivity (Wildman–Crippen MR) is 87.3 cm³/mol. The third kappa shape index (κ3) is 3.25. The van der Waals surface area contributed by atoms with E-state index < -0.39 is 0 Å². The number of aromatic nitrogens is 2. The standard InChI is InChI=1S/C16H17FN6O2/c1-9-7-11(3-4-12(9)17)16(24)22-5-6-23(13(18)8-22)14(19)15-21-20-10(2)25-15/h3-4,7,18-19H,5-6,8H2,1-2H3. The van der Waals surface area contributed by atoms with Crippen molar-refractivity contribution in [3.8, 4) is 0 Å². The van der Waals surface area contributed by atoms with Gasteiger partial charge in [-0.25, -0.2) is 4.39 Å². The van der Waals surface area contributed by atoms with Crippen LogP contribution in [-0.4, -0.2) is 57.2 Å². The van der Waals surface area contributed by atoms with Gasteiger partial charge in [0.1, 0.15) is 11.7 Å². The van der Waals surface area contributed by atoms with E-state index in [9.17, 15) is 9.18 Å². The Hall–Kier alpha value is -3.10. The van der Waals surface area contributed by atoms with Crippen molar-refractivity contribution in [2.75, 3.05) is 19.6 Å². The van der Waals surface area contributed by atoms with Crippen LogP contribution in [-0.2, 0) is 0 Å². The maximum atomic E-state index is 13.4. The summed E-state index contributed by atoms with van der Waals surface area (Å²) in [5, 5.41) is 23.7. The van der Waals surface area contributed by atoms with Crippen molar-refractivity contribution < 1.29 is 13.6 Å². The van der Waals surface area contributed by atoms with Crippen LogP contribution in [0.3, 0.4) is 0 Å². The van der Waals surface area contributed by atoms with E-state index in [0.29, 0.717) is 23.6 Å². The Morgan fingerprint density at radius 1 is 1.28 bits per heavy atom. The van der Waals surface area contributed by atoms with Gasteiger partial charge in [0.15, 0.2) is 5.84 Å². The van der Waals surface area contributed by atoms with Crippen molar-refractivity contribution in [1.82, 2.24) is 20.0 Å². The van der Waals surface area contributed by atoms with Crippen molar-refractivity contribution >= 4 is 17.6 Å². The molecule has 1 saturated heterocycles. The maximum Gasteiger partial charge on any atom is 0.283 e. The second kappa shape index (κ2) is 6.42. The van der Waals surface area contributed by atoms with E-state index >= 15 is 0 Å². The molecule has 9 heteroatoms. The number of hydrogen-bond acceptors (Lipinski definition) is 6. The van der Waals surface area contributed by atoms with E-state index in [1.165, 1.54) is 28.0 Å². The highest BCUT2D eigenvalue weighted by molar-refractivity contribution is 6.07. The van der Waals surface area contributed by atoms with Gasteiger partial charge >= 0.3 is 0 Å². The van der Waals surface area contributed by atoms with Crippen LogP contribution in [0.4, 0.5) is 4.39 Å². The van der Waals surface area contributed by atoms with E-state index in [0.717, 1.165) is 0 Å². The van der Waals surface area contributed by atoms with E-state index in [2.05, 4.69) is 10.2 Å². The molecule has 0 atom stereocenters. The number of amidine groups is 2. The van der Waals surface area contributed by atoms with Crippen LogP contribution < -0.4 is 0 Å². The highest BCUT2D eigenvalue weighted by atomic mass is 19.1. The van der Waals surface area contributed by atoms with Gasteiger partial charge in [-0.2, -0.15) is 0 Å². The van der Waals surface area contributed by atoms with Gasteiger partial charge in [-0.3, -0.25) is 15.6 Å². The second-order valence-corrected chi connectivity index (χ2v) is 5.76. The van der Waals surface area contributed by atoms with Gasteiger partial charge in [0.05, 0.1) is 6.54 Å². The first kappa shape index (κ1) is 16.7. The van der Waals surface area contributed by atoms with Crippen LogP contribution >= 0.6 is 0 Å². The Morgan fingerprint density at radius 2 is 2.04 bits per heavy atom. The van der Waals surface area contributed by atoms with E-state index in [1.54, 1.807) is 13.8 Å². The molecule has 2 heterocycles. The number of aryl methyl sites for hydroxylation is 2. The van der Waals surface area contributed by atoms with Gasteiger partial charge in [0.25, 0.3) is 11.8 Å². The Morgan fingerprint density at radius 3 is 2.64 bits per heavy atom. The molecule has 1 fully saturated rings. The summed E-state index contributed by atoms with van der Waals surface area (Å²) in [6.45, 7) is 3.86. The highest BCUT2D eigenvalue weighted by Gasteiger charge is 2.30. The number of carbonyl (C=O) groups excluding carboxylic acids is 1. The van der Waals surface area contributed by atoms with Crippen LogP contribution in [0.1, 0.15) is 27.7 Å². The Bertz CT molecular complexity index is 862. The lowest BCUT2D eigenvalue weighted by molar-refractivity contribution is 0.0757. The molecule has 0 saturated carbocycles. The molecule has 0 radical (unpaired) electrons. The molecular weight excluding hydrogens is 327 g/mol. The molecule has 1 aromatic carbocycles. The zero-order valence-corrected chi connectivity index (χ0v) is 13.8. The highest BCUT2D eigenvalue weighted by Crippen LogP contribution is 2.15. The molecule has 0 bridgehead atoms. The number of benzene rings is 1. The second-order valence-electron chi connectivity index (χ2n) is 5.76. The monoisotopic (exact) mass is 344 g/mol. The lowest BCUT2D eigenvalue weighted by Gasteiger charge is -2.35. The van der Waals surface area contributed by atoms with Crippen molar-refractivity contribution in [2.24, 2.45) is 0 Å². The molecule has 3 rings (SSSR count). The largest absolute Gasteiger partial charge is 0.419 e. The fourth-order valence-electron chi connectivity index (χ4n) is 2.59. The molecule has 0 spiro atoms. The number of nitrogens with one attached hydrogen (secondary N) is 2. The van der Waals surface area contributed by atoms with Crippen LogP contribution in [0.25, 0.3) is 0 Å². The molecule has 25 heavy (non-hydrogen) atoms. The van der Waals surface area contributed by atoms with Crippen LogP contribution in [0, 0.1) is 30.5 Å². The predicted octanol–water partition coefficient (Wildman–Crippen LogP) is 1.59. The van der Waals surface area contributed by atoms with Crippen LogP contribution in [0.15, 0.2) is 22.6 Å². The zero-order valence-electron chi connectivity index (χ0n) is 13.8. The maximum absolute atomic E-state index is 13.4. The van der Waals surface area contributed by atoms with Crippen LogP contribution in [0.2, 0.25) is 0 Å². The zero-order chi connectivity index (χ0) is 18.1. The minimum absolute atomic E-state index is 0.0381. The van der Waals surface area contributed by atoms with Gasteiger partial charge < -0.3 is 14.2 Å². The van der Waals surface area contributed by atoms with Crippen molar-refractivity contribution in [3.63, 3.8) is 0 Å². The molecule has 2 aromatic rings.